The van der Waals surface area contributed by atoms with Crippen LogP contribution < -0.4 is 10.3 Å². The normalized spacial score (nSPS) is 18.5. The predicted molar refractivity (Wildman–Crippen MR) is 169 cm³/mol. The molecule has 4 aromatic rings. The van der Waals surface area contributed by atoms with Crippen molar-refractivity contribution in [2.75, 3.05) is 6.61 Å². The molecule has 3 aromatic carbocycles. The van der Waals surface area contributed by atoms with Gasteiger partial charge in [0.1, 0.15) is 17.9 Å². The molecule has 0 amide bonds. The van der Waals surface area contributed by atoms with Crippen LogP contribution in [0.2, 0.25) is 30.7 Å². The van der Waals surface area contributed by atoms with Gasteiger partial charge in [-0.1, -0.05) is 60.7 Å². The van der Waals surface area contributed by atoms with E-state index in [4.69, 9.17) is 21.1 Å². The van der Waals surface area contributed by atoms with E-state index in [-0.39, 0.29) is 29.8 Å². The van der Waals surface area contributed by atoms with Gasteiger partial charge < -0.3 is 9.47 Å². The van der Waals surface area contributed by atoms with Crippen LogP contribution in [0.3, 0.4) is 0 Å². The van der Waals surface area contributed by atoms with Gasteiger partial charge in [-0.25, -0.2) is 4.68 Å². The number of aromatic nitrogens is 3. The Morgan fingerprint density at radius 1 is 1.00 bits per heavy atom. The summed E-state index contributed by atoms with van der Waals surface area (Å²) in [5.74, 6) is -1.42. The van der Waals surface area contributed by atoms with Crippen molar-refractivity contribution < 1.29 is 19.1 Å². The van der Waals surface area contributed by atoms with Gasteiger partial charge in [-0.05, 0) is 78.9 Å². The number of rotatable bonds is 11. The van der Waals surface area contributed by atoms with Gasteiger partial charge >= 0.3 is 5.97 Å². The fourth-order valence-corrected chi connectivity index (χ4v) is 6.51. The van der Waals surface area contributed by atoms with Gasteiger partial charge in [0, 0.05) is 24.6 Å². The molecule has 0 bridgehead atoms. The second-order valence-electron chi connectivity index (χ2n) is 12.3. The lowest BCUT2D eigenvalue weighted by atomic mass is 9.84. The summed E-state index contributed by atoms with van der Waals surface area (Å²) in [7, 11) is -1.43. The maximum atomic E-state index is 13.8. The standard InChI is InChI=1S/C33H36ClN3O5Si/c1-43(2,3)18-17-41-33(40)30-24(20-37-32(39)27-9-4-5-10-29(27)35-36-37)13-16-28(30)31(38)23-11-14-26(15-12-23)42-21-22-7-6-8-25(34)19-22/h4-12,14-15,19,24,28,30H,13,16-18,20-21H2,1-3H3. The summed E-state index contributed by atoms with van der Waals surface area (Å²) >= 11 is 6.07. The van der Waals surface area contributed by atoms with Crippen molar-refractivity contribution in [3.63, 3.8) is 0 Å². The van der Waals surface area contributed by atoms with Crippen molar-refractivity contribution in [2.45, 2.75) is 51.7 Å². The van der Waals surface area contributed by atoms with Crippen LogP contribution in [0.5, 0.6) is 5.75 Å². The highest BCUT2D eigenvalue weighted by Crippen LogP contribution is 2.41. The van der Waals surface area contributed by atoms with E-state index in [1.807, 2.05) is 24.3 Å². The van der Waals surface area contributed by atoms with Crippen molar-refractivity contribution in [2.24, 2.45) is 17.8 Å². The van der Waals surface area contributed by atoms with E-state index in [2.05, 4.69) is 30.0 Å². The lowest BCUT2D eigenvalue weighted by Crippen LogP contribution is -2.36. The minimum atomic E-state index is -1.43. The fourth-order valence-electron chi connectivity index (χ4n) is 5.58. The smallest absolute Gasteiger partial charge is 0.310 e. The van der Waals surface area contributed by atoms with Crippen LogP contribution in [0.4, 0.5) is 0 Å². The SMILES string of the molecule is C[Si](C)(C)CCOC(=O)C1C(Cn2nnc3ccccc3c2=O)CCC1C(=O)c1ccc(OCc2cccc(Cl)c2)cc1. The van der Waals surface area contributed by atoms with Gasteiger partial charge in [-0.3, -0.25) is 14.4 Å². The first-order chi connectivity index (χ1) is 20.6. The summed E-state index contributed by atoms with van der Waals surface area (Å²) in [6, 6.07) is 22.3. The lowest BCUT2D eigenvalue weighted by Gasteiger charge is -2.24. The first-order valence-corrected chi connectivity index (χ1v) is 18.7. The zero-order valence-electron chi connectivity index (χ0n) is 24.7. The Labute approximate surface area is 257 Å². The number of fused-ring (bicyclic) bond motifs is 1. The Bertz CT molecular complexity index is 1670. The number of benzene rings is 3. The highest BCUT2D eigenvalue weighted by molar-refractivity contribution is 6.76. The van der Waals surface area contributed by atoms with Gasteiger partial charge in [0.15, 0.2) is 5.78 Å². The third kappa shape index (κ3) is 7.58. The van der Waals surface area contributed by atoms with E-state index in [9.17, 15) is 14.4 Å². The largest absolute Gasteiger partial charge is 0.489 e. The van der Waals surface area contributed by atoms with Crippen LogP contribution >= 0.6 is 11.6 Å². The Hall–Kier alpha value is -3.82. The maximum absolute atomic E-state index is 13.8. The number of ether oxygens (including phenoxy) is 2. The Kier molecular flexibility index (Phi) is 9.42. The van der Waals surface area contributed by atoms with E-state index in [1.165, 1.54) is 4.68 Å². The molecule has 0 N–H and O–H groups in total. The van der Waals surface area contributed by atoms with E-state index < -0.39 is 19.9 Å². The molecule has 0 saturated heterocycles. The average Bonchev–Trinajstić information content (AvgIpc) is 3.40. The van der Waals surface area contributed by atoms with Crippen LogP contribution in [-0.4, -0.2) is 41.4 Å². The molecular formula is C33H36ClN3O5Si. The summed E-state index contributed by atoms with van der Waals surface area (Å²) in [5.41, 5.74) is 1.70. The summed E-state index contributed by atoms with van der Waals surface area (Å²) in [6.45, 7) is 7.52. The molecule has 1 aliphatic carbocycles. The summed E-state index contributed by atoms with van der Waals surface area (Å²) < 4.78 is 13.0. The van der Waals surface area contributed by atoms with Crippen LogP contribution in [0, 0.1) is 17.8 Å². The number of esters is 1. The second-order valence-corrected chi connectivity index (χ2v) is 18.4. The number of ketones is 1. The van der Waals surface area contributed by atoms with E-state index in [0.717, 1.165) is 11.6 Å². The summed E-state index contributed by atoms with van der Waals surface area (Å²) in [6.07, 6.45) is 1.10. The molecule has 3 unspecified atom stereocenters. The molecule has 43 heavy (non-hydrogen) atoms. The van der Waals surface area contributed by atoms with Crippen molar-refractivity contribution in [3.8, 4) is 5.75 Å². The molecule has 3 atom stereocenters. The number of carbonyl (C=O) groups is 2. The highest BCUT2D eigenvalue weighted by Gasteiger charge is 2.46. The molecule has 1 saturated carbocycles. The lowest BCUT2D eigenvalue weighted by molar-refractivity contribution is -0.150. The van der Waals surface area contributed by atoms with E-state index in [1.54, 1.807) is 48.5 Å². The monoisotopic (exact) mass is 617 g/mol. The summed E-state index contributed by atoms with van der Waals surface area (Å²) in [5, 5.41) is 9.45. The minimum Gasteiger partial charge on any atom is -0.489 e. The molecule has 0 aliphatic heterocycles. The molecule has 1 fully saturated rings. The molecule has 1 heterocycles. The minimum absolute atomic E-state index is 0.118. The number of hydrogen-bond donors (Lipinski definition) is 0. The zero-order chi connectivity index (χ0) is 30.6. The van der Waals surface area contributed by atoms with Crippen molar-refractivity contribution >= 4 is 42.3 Å². The maximum Gasteiger partial charge on any atom is 0.310 e. The third-order valence-corrected chi connectivity index (χ3v) is 9.90. The second kappa shape index (κ2) is 13.2. The molecule has 0 radical (unpaired) electrons. The number of carbonyl (C=O) groups excluding carboxylic acids is 2. The highest BCUT2D eigenvalue weighted by atomic mass is 35.5. The first-order valence-electron chi connectivity index (χ1n) is 14.6. The van der Waals surface area contributed by atoms with E-state index >= 15 is 0 Å². The molecule has 1 aromatic heterocycles. The number of hydrogen-bond acceptors (Lipinski definition) is 7. The van der Waals surface area contributed by atoms with Crippen molar-refractivity contribution in [1.82, 2.24) is 15.0 Å². The average molecular weight is 618 g/mol. The van der Waals surface area contributed by atoms with Gasteiger partial charge in [0.25, 0.3) is 5.56 Å². The van der Waals surface area contributed by atoms with Crippen LogP contribution in [0.15, 0.2) is 77.6 Å². The Morgan fingerprint density at radius 2 is 1.77 bits per heavy atom. The molecule has 1 aliphatic rings. The third-order valence-electron chi connectivity index (χ3n) is 7.97. The number of Topliss-reactive ketones (excluding diaryl/α,β-unsaturated/α-hetero) is 1. The molecule has 8 nitrogen and oxygen atoms in total. The first kappa shape index (κ1) is 30.6. The predicted octanol–water partition coefficient (Wildman–Crippen LogP) is 6.43. The molecule has 224 valence electrons. The van der Waals surface area contributed by atoms with Gasteiger partial charge in [-0.15, -0.1) is 5.10 Å². The van der Waals surface area contributed by atoms with Crippen LogP contribution in [0.1, 0.15) is 28.8 Å². The molecular weight excluding hydrogens is 582 g/mol. The van der Waals surface area contributed by atoms with Gasteiger partial charge in [0.2, 0.25) is 0 Å². The Balaban J connectivity index is 1.33. The quantitative estimate of drug-likeness (QED) is 0.109. The molecule has 0 spiro atoms. The van der Waals surface area contributed by atoms with E-state index in [0.29, 0.717) is 53.3 Å². The topological polar surface area (TPSA) is 100 Å². The van der Waals surface area contributed by atoms with Gasteiger partial charge in [0.05, 0.1) is 24.5 Å². The van der Waals surface area contributed by atoms with Gasteiger partial charge in [-0.2, -0.15) is 0 Å². The van der Waals surface area contributed by atoms with Crippen LogP contribution in [0.25, 0.3) is 10.9 Å². The summed E-state index contributed by atoms with van der Waals surface area (Å²) in [4.78, 5) is 40.5. The van der Waals surface area contributed by atoms with Crippen molar-refractivity contribution in [1.29, 1.82) is 0 Å². The number of halogens is 1. The van der Waals surface area contributed by atoms with Crippen LogP contribution in [-0.2, 0) is 22.7 Å². The molecule has 5 rings (SSSR count). The van der Waals surface area contributed by atoms with Crippen molar-refractivity contribution in [3.05, 3.63) is 99.3 Å². The number of nitrogens with zero attached hydrogens (tertiary/aromatic N) is 3. The fraction of sp³-hybridized carbons (Fsp3) is 0.364. The molecule has 10 heteroatoms. The zero-order valence-corrected chi connectivity index (χ0v) is 26.4. The Morgan fingerprint density at radius 3 is 2.51 bits per heavy atom.